The fourth-order valence-corrected chi connectivity index (χ4v) is 1.50. The van der Waals surface area contributed by atoms with Crippen LogP contribution in [0.15, 0.2) is 12.4 Å². The Balaban J connectivity index is 2.31. The molecule has 2 N–H and O–H groups in total. The number of aryl methyl sites for hydroxylation is 1. The molecule has 1 aromatic rings. The van der Waals surface area contributed by atoms with Crippen LogP contribution in [0.2, 0.25) is 0 Å². The summed E-state index contributed by atoms with van der Waals surface area (Å²) in [7, 11) is 0. The molecule has 1 aromatic heterocycles. The number of nitrogens with one attached hydrogen (secondary N) is 2. The second-order valence-electron chi connectivity index (χ2n) is 5.51. The first-order valence-electron chi connectivity index (χ1n) is 6.56. The van der Waals surface area contributed by atoms with Gasteiger partial charge in [0, 0.05) is 25.3 Å². The molecule has 19 heavy (non-hydrogen) atoms. The highest BCUT2D eigenvalue weighted by Crippen LogP contribution is 2.08. The average molecular weight is 268 g/mol. The number of carbonyl (C=O) groups is 1. The summed E-state index contributed by atoms with van der Waals surface area (Å²) in [6.07, 6.45) is 3.31. The molecule has 108 valence electrons. The first kappa shape index (κ1) is 15.3. The summed E-state index contributed by atoms with van der Waals surface area (Å²) >= 11 is 0. The number of amides is 1. The van der Waals surface area contributed by atoms with Crippen molar-refractivity contribution in [1.82, 2.24) is 15.1 Å². The molecule has 1 heterocycles. The highest BCUT2D eigenvalue weighted by Gasteiger charge is 2.16. The van der Waals surface area contributed by atoms with Gasteiger partial charge in [0.2, 0.25) is 0 Å². The maximum Gasteiger partial charge on any atom is 0.407 e. The zero-order valence-corrected chi connectivity index (χ0v) is 12.4. The monoisotopic (exact) mass is 268 g/mol. The Hall–Kier alpha value is -1.72. The number of alkyl carbamates (subject to hydrolysis) is 1. The van der Waals surface area contributed by atoms with Crippen LogP contribution >= 0.6 is 0 Å². The zero-order chi connectivity index (χ0) is 14.5. The molecule has 0 aromatic carbocycles. The van der Waals surface area contributed by atoms with Gasteiger partial charge in [-0.05, 0) is 34.6 Å². The van der Waals surface area contributed by atoms with E-state index >= 15 is 0 Å². The van der Waals surface area contributed by atoms with E-state index in [2.05, 4.69) is 15.7 Å². The fourth-order valence-electron chi connectivity index (χ4n) is 1.50. The molecule has 0 aliphatic heterocycles. The van der Waals surface area contributed by atoms with Gasteiger partial charge in [-0.15, -0.1) is 0 Å². The van der Waals surface area contributed by atoms with Gasteiger partial charge in [0.15, 0.2) is 0 Å². The third-order valence-corrected chi connectivity index (χ3v) is 2.32. The summed E-state index contributed by atoms with van der Waals surface area (Å²) in [5.74, 6) is 0. The Morgan fingerprint density at radius 1 is 1.53 bits per heavy atom. The third-order valence-electron chi connectivity index (χ3n) is 2.32. The molecule has 0 spiro atoms. The number of hydrogen-bond acceptors (Lipinski definition) is 4. The number of carbonyl (C=O) groups excluding carboxylic acids is 1. The number of anilines is 1. The highest BCUT2D eigenvalue weighted by atomic mass is 16.6. The molecule has 0 saturated heterocycles. The molecular formula is C13H24N4O2. The van der Waals surface area contributed by atoms with Crippen molar-refractivity contribution in [3.63, 3.8) is 0 Å². The second kappa shape index (κ2) is 6.45. The highest BCUT2D eigenvalue weighted by molar-refractivity contribution is 5.67. The number of hydrogen-bond donors (Lipinski definition) is 2. The molecule has 1 rings (SSSR count). The normalized spacial score (nSPS) is 12.9. The van der Waals surface area contributed by atoms with Gasteiger partial charge in [0.25, 0.3) is 0 Å². The molecule has 0 radical (unpaired) electrons. The van der Waals surface area contributed by atoms with E-state index in [1.807, 2.05) is 45.5 Å². The maximum atomic E-state index is 11.5. The predicted molar refractivity (Wildman–Crippen MR) is 75.2 cm³/mol. The van der Waals surface area contributed by atoms with Crippen LogP contribution in [0, 0.1) is 0 Å². The summed E-state index contributed by atoms with van der Waals surface area (Å²) in [5, 5.41) is 10.2. The van der Waals surface area contributed by atoms with Crippen LogP contribution in [-0.2, 0) is 11.3 Å². The number of nitrogens with zero attached hydrogens (tertiary/aromatic N) is 2. The van der Waals surface area contributed by atoms with Gasteiger partial charge in [-0.25, -0.2) is 4.79 Å². The van der Waals surface area contributed by atoms with Crippen molar-refractivity contribution in [3.8, 4) is 0 Å². The molecule has 0 saturated carbocycles. The van der Waals surface area contributed by atoms with E-state index in [-0.39, 0.29) is 6.04 Å². The molecule has 0 aliphatic rings. The summed E-state index contributed by atoms with van der Waals surface area (Å²) in [4.78, 5) is 11.5. The first-order chi connectivity index (χ1) is 8.80. The van der Waals surface area contributed by atoms with E-state index in [1.54, 1.807) is 6.20 Å². The molecule has 6 heteroatoms. The topological polar surface area (TPSA) is 68.2 Å². The fraction of sp³-hybridized carbons (Fsp3) is 0.692. The van der Waals surface area contributed by atoms with Crippen molar-refractivity contribution in [2.75, 3.05) is 11.9 Å². The van der Waals surface area contributed by atoms with E-state index in [9.17, 15) is 4.79 Å². The van der Waals surface area contributed by atoms with Gasteiger partial charge >= 0.3 is 6.09 Å². The van der Waals surface area contributed by atoms with Gasteiger partial charge < -0.3 is 15.4 Å². The lowest BCUT2D eigenvalue weighted by atomic mass is 10.2. The summed E-state index contributed by atoms with van der Waals surface area (Å²) in [6.45, 7) is 10.9. The minimum absolute atomic E-state index is 0.0991. The molecule has 1 amide bonds. The van der Waals surface area contributed by atoms with Gasteiger partial charge in [-0.2, -0.15) is 5.10 Å². The number of rotatable bonds is 5. The van der Waals surface area contributed by atoms with E-state index in [4.69, 9.17) is 4.74 Å². The number of aromatic nitrogens is 2. The van der Waals surface area contributed by atoms with E-state index < -0.39 is 11.7 Å². The quantitative estimate of drug-likeness (QED) is 0.859. The Bertz CT molecular complexity index is 409. The Morgan fingerprint density at radius 3 is 2.74 bits per heavy atom. The standard InChI is InChI=1S/C13H24N4O2/c1-6-17-9-11(8-15-17)16-10(2)7-14-12(18)19-13(3,4)5/h8-10,16H,6-7H2,1-5H3,(H,14,18). The van der Waals surface area contributed by atoms with Crippen LogP contribution in [0.4, 0.5) is 10.5 Å². The Morgan fingerprint density at radius 2 is 2.21 bits per heavy atom. The van der Waals surface area contributed by atoms with Gasteiger partial charge in [-0.1, -0.05) is 0 Å². The summed E-state index contributed by atoms with van der Waals surface area (Å²) < 4.78 is 7.01. The van der Waals surface area contributed by atoms with Crippen LogP contribution in [0.3, 0.4) is 0 Å². The largest absolute Gasteiger partial charge is 0.444 e. The van der Waals surface area contributed by atoms with Crippen molar-refractivity contribution in [2.24, 2.45) is 0 Å². The van der Waals surface area contributed by atoms with Crippen LogP contribution in [0.1, 0.15) is 34.6 Å². The lowest BCUT2D eigenvalue weighted by molar-refractivity contribution is 0.0526. The van der Waals surface area contributed by atoms with E-state index in [1.165, 1.54) is 0 Å². The van der Waals surface area contributed by atoms with Crippen LogP contribution < -0.4 is 10.6 Å². The van der Waals surface area contributed by atoms with Crippen LogP contribution in [0.25, 0.3) is 0 Å². The number of ether oxygens (including phenoxy) is 1. The maximum absolute atomic E-state index is 11.5. The Labute approximate surface area is 114 Å². The molecule has 0 aliphatic carbocycles. The lowest BCUT2D eigenvalue weighted by Gasteiger charge is -2.21. The molecule has 6 nitrogen and oxygen atoms in total. The van der Waals surface area contributed by atoms with Gasteiger partial charge in [-0.3, -0.25) is 4.68 Å². The summed E-state index contributed by atoms with van der Waals surface area (Å²) in [6, 6.07) is 0.0991. The van der Waals surface area contributed by atoms with Crippen molar-refractivity contribution in [3.05, 3.63) is 12.4 Å². The van der Waals surface area contributed by atoms with Crippen molar-refractivity contribution >= 4 is 11.8 Å². The molecular weight excluding hydrogens is 244 g/mol. The first-order valence-corrected chi connectivity index (χ1v) is 6.56. The van der Waals surface area contributed by atoms with Crippen molar-refractivity contribution < 1.29 is 9.53 Å². The van der Waals surface area contributed by atoms with Gasteiger partial charge in [0.05, 0.1) is 11.9 Å². The SMILES string of the molecule is CCn1cc(NC(C)CNC(=O)OC(C)(C)C)cn1. The third kappa shape index (κ3) is 6.13. The van der Waals surface area contributed by atoms with Gasteiger partial charge in [0.1, 0.15) is 5.60 Å². The Kier molecular flexibility index (Phi) is 5.20. The minimum atomic E-state index is -0.469. The van der Waals surface area contributed by atoms with E-state index in [0.717, 1.165) is 12.2 Å². The van der Waals surface area contributed by atoms with E-state index in [0.29, 0.717) is 6.54 Å². The molecule has 0 fully saturated rings. The molecule has 0 bridgehead atoms. The summed E-state index contributed by atoms with van der Waals surface area (Å²) in [5.41, 5.74) is 0.476. The van der Waals surface area contributed by atoms with Crippen molar-refractivity contribution in [1.29, 1.82) is 0 Å². The average Bonchev–Trinajstić information content (AvgIpc) is 2.72. The predicted octanol–water partition coefficient (Wildman–Crippen LogP) is 2.23. The smallest absolute Gasteiger partial charge is 0.407 e. The molecule has 1 atom stereocenters. The lowest BCUT2D eigenvalue weighted by Crippen LogP contribution is -2.38. The minimum Gasteiger partial charge on any atom is -0.444 e. The molecule has 1 unspecified atom stereocenters. The zero-order valence-electron chi connectivity index (χ0n) is 12.4. The van der Waals surface area contributed by atoms with Crippen LogP contribution in [-0.4, -0.2) is 34.1 Å². The second-order valence-corrected chi connectivity index (χ2v) is 5.51. The van der Waals surface area contributed by atoms with Crippen molar-refractivity contribution in [2.45, 2.75) is 52.8 Å². The van der Waals surface area contributed by atoms with Crippen LogP contribution in [0.5, 0.6) is 0 Å².